The third-order valence-corrected chi connectivity index (χ3v) is 6.60. The molecule has 2 aliphatic rings. The minimum Gasteiger partial charge on any atom is -0.768 e. The molecule has 0 spiro atoms. The van der Waals surface area contributed by atoms with Gasteiger partial charge in [-0.25, -0.2) is 10.2 Å². The number of fused-ring (bicyclic) bond motifs is 1. The molecule has 2 aromatic rings. The molecule has 1 atom stereocenters. The lowest BCUT2D eigenvalue weighted by atomic mass is 9.98. The molecular weight excluding hydrogens is 478 g/mol. The van der Waals surface area contributed by atoms with E-state index in [1.165, 1.54) is 35.6 Å². The predicted molar refractivity (Wildman–Crippen MR) is 143 cm³/mol. The van der Waals surface area contributed by atoms with E-state index in [4.69, 9.17) is 0 Å². The Morgan fingerprint density at radius 3 is 2.11 bits per heavy atom. The highest BCUT2D eigenvalue weighted by atomic mass is 32.2. The molecule has 1 unspecified atom stereocenters. The molecule has 0 radical (unpaired) electrons. The van der Waals surface area contributed by atoms with Gasteiger partial charge in [-0.05, 0) is 92.5 Å². The first-order valence-electron chi connectivity index (χ1n) is 12.3. The third-order valence-electron chi connectivity index (χ3n) is 5.96. The fourth-order valence-electron chi connectivity index (χ4n) is 3.08. The Labute approximate surface area is 215 Å². The lowest BCUT2D eigenvalue weighted by molar-refractivity contribution is -0.112. The molecule has 1 N–H and O–H groups in total. The minimum atomic E-state index is -2.54. The number of rotatable bonds is 4. The third kappa shape index (κ3) is 8.17. The Balaban J connectivity index is 0.000000570. The highest BCUT2D eigenvalue weighted by Gasteiger charge is 2.38. The van der Waals surface area contributed by atoms with E-state index in [9.17, 15) is 23.1 Å². The molecule has 36 heavy (non-hydrogen) atoms. The zero-order valence-corrected chi connectivity index (χ0v) is 23.4. The number of carbonyl (C=O) groups excluding carboxylic acids is 1. The zero-order chi connectivity index (χ0) is 27.5. The van der Waals surface area contributed by atoms with Crippen molar-refractivity contribution in [1.29, 1.82) is 0 Å². The maximum absolute atomic E-state index is 13.0. The smallest absolute Gasteiger partial charge is 0.350 e. The molecule has 1 heterocycles. The first-order valence-corrected chi connectivity index (χ1v) is 13.4. The summed E-state index contributed by atoms with van der Waals surface area (Å²) in [5, 5.41) is 0.0274. The molecule has 8 nitrogen and oxygen atoms in total. The van der Waals surface area contributed by atoms with Gasteiger partial charge in [0.1, 0.15) is 0 Å². The van der Waals surface area contributed by atoms with Gasteiger partial charge in [-0.1, -0.05) is 40.5 Å². The van der Waals surface area contributed by atoms with Gasteiger partial charge in [-0.15, -0.1) is 0 Å². The summed E-state index contributed by atoms with van der Waals surface area (Å²) in [6.45, 7) is 16.4. The molecule has 2 saturated carbocycles. The number of amides is 1. The van der Waals surface area contributed by atoms with Crippen LogP contribution in [0.1, 0.15) is 81.1 Å². The van der Waals surface area contributed by atoms with Crippen molar-refractivity contribution in [3.8, 4) is 11.8 Å². The maximum atomic E-state index is 13.0. The van der Waals surface area contributed by atoms with Gasteiger partial charge in [0.05, 0.1) is 10.9 Å². The van der Waals surface area contributed by atoms with Crippen LogP contribution in [0.3, 0.4) is 0 Å². The van der Waals surface area contributed by atoms with Crippen LogP contribution in [-0.2, 0) is 22.4 Å². The monoisotopic (exact) mass is 516 g/mol. The van der Waals surface area contributed by atoms with E-state index in [0.717, 1.165) is 18.3 Å². The van der Waals surface area contributed by atoms with Crippen LogP contribution >= 0.6 is 0 Å². The molecule has 9 heteroatoms. The van der Waals surface area contributed by atoms with Crippen molar-refractivity contribution >= 4 is 27.9 Å². The van der Waals surface area contributed by atoms with Crippen molar-refractivity contribution in [3.63, 3.8) is 0 Å². The van der Waals surface area contributed by atoms with E-state index >= 15 is 0 Å². The number of hydrogen-bond acceptors (Lipinski definition) is 5. The van der Waals surface area contributed by atoms with Crippen LogP contribution in [0.5, 0.6) is 0 Å². The lowest BCUT2D eigenvalue weighted by Gasteiger charge is -2.17. The van der Waals surface area contributed by atoms with Crippen LogP contribution < -0.4 is 16.7 Å². The average molecular weight is 517 g/mol. The van der Waals surface area contributed by atoms with Gasteiger partial charge in [-0.3, -0.25) is 18.4 Å². The molecule has 1 aromatic carbocycles. The van der Waals surface area contributed by atoms with E-state index in [1.807, 2.05) is 41.5 Å². The van der Waals surface area contributed by atoms with Gasteiger partial charge >= 0.3 is 11.6 Å². The summed E-state index contributed by atoms with van der Waals surface area (Å²) in [7, 11) is 0. The van der Waals surface area contributed by atoms with Gasteiger partial charge < -0.3 is 4.55 Å². The fourth-order valence-corrected chi connectivity index (χ4v) is 3.48. The van der Waals surface area contributed by atoms with Crippen molar-refractivity contribution in [1.82, 2.24) is 9.24 Å². The molecule has 0 aliphatic heterocycles. The quantitative estimate of drug-likeness (QED) is 0.484. The number of nitrogens with zero attached hydrogens (tertiary/aromatic N) is 2. The largest absolute Gasteiger partial charge is 0.768 e. The Morgan fingerprint density at radius 2 is 1.67 bits per heavy atom. The van der Waals surface area contributed by atoms with E-state index in [1.54, 1.807) is 0 Å². The lowest BCUT2D eigenvalue weighted by Crippen LogP contribution is -2.47. The minimum absolute atomic E-state index is 0.0274. The molecule has 2 aliphatic carbocycles. The molecule has 1 aromatic heterocycles. The van der Waals surface area contributed by atoms with E-state index in [0.29, 0.717) is 16.7 Å². The summed E-state index contributed by atoms with van der Waals surface area (Å²) < 4.78 is 24.7. The Kier molecular flexibility index (Phi) is 9.14. The van der Waals surface area contributed by atoms with E-state index in [-0.39, 0.29) is 15.7 Å². The SMILES string of the molecule is CC.CC(C)(C)C#CC(=O)Nn1c(=O)c2cc(S(=O)[O-])ccc2n(CC2(C)CC2)c1=O.CC1(C)CC1. The van der Waals surface area contributed by atoms with Crippen molar-refractivity contribution in [2.45, 2.75) is 92.5 Å². The van der Waals surface area contributed by atoms with Crippen molar-refractivity contribution < 1.29 is 13.6 Å². The number of nitrogens with one attached hydrogen (secondary N) is 1. The predicted octanol–water partition coefficient (Wildman–Crippen LogP) is 4.15. The van der Waals surface area contributed by atoms with Gasteiger partial charge in [0, 0.05) is 16.9 Å². The molecule has 0 saturated heterocycles. The summed E-state index contributed by atoms with van der Waals surface area (Å²) in [6.07, 6.45) is 4.78. The molecule has 2 fully saturated rings. The van der Waals surface area contributed by atoms with Crippen LogP contribution in [0.25, 0.3) is 10.9 Å². The molecule has 1 amide bonds. The van der Waals surface area contributed by atoms with Crippen LogP contribution in [0.15, 0.2) is 32.7 Å². The number of hydrogen-bond donors (Lipinski definition) is 1. The second kappa shape index (κ2) is 11.1. The van der Waals surface area contributed by atoms with Crippen LogP contribution in [0.2, 0.25) is 0 Å². The average Bonchev–Trinajstić information content (AvgIpc) is 3.72. The number of aromatic nitrogens is 2. The number of carbonyl (C=O) groups is 1. The van der Waals surface area contributed by atoms with Crippen LogP contribution in [-0.4, -0.2) is 23.9 Å². The fraction of sp³-hybridized carbons (Fsp3) is 0.593. The highest BCUT2D eigenvalue weighted by Crippen LogP contribution is 2.46. The highest BCUT2D eigenvalue weighted by molar-refractivity contribution is 7.79. The van der Waals surface area contributed by atoms with Crippen molar-refractivity contribution in [3.05, 3.63) is 39.0 Å². The summed E-state index contributed by atoms with van der Waals surface area (Å²) in [6, 6.07) is 3.99. The Morgan fingerprint density at radius 1 is 1.11 bits per heavy atom. The molecular formula is C27H38N3O5S-. The van der Waals surface area contributed by atoms with E-state index in [2.05, 4.69) is 31.1 Å². The Bertz CT molecular complexity index is 1330. The second-order valence-corrected chi connectivity index (χ2v) is 12.3. The van der Waals surface area contributed by atoms with Crippen LogP contribution in [0.4, 0.5) is 0 Å². The Hall–Kier alpha value is -2.70. The standard InChI is InChI=1S/C20H23N3O5S.C5H10.C2H6/c1-19(2,3)8-7-16(24)21-23-17(25)14-11-13(29(27)28)5-6-15(14)22(18(23)26)12-20(4)9-10-20;1-5(2)3-4-5;1-2/h5-6,11H,9-10,12H2,1-4H3,(H,21,24)(H,27,28);3-4H2,1-2H3;1-2H3/p-1. The number of benzene rings is 1. The van der Waals surface area contributed by atoms with Gasteiger partial charge in [0.2, 0.25) is 0 Å². The van der Waals surface area contributed by atoms with Gasteiger partial charge in [0.15, 0.2) is 0 Å². The second-order valence-electron chi connectivity index (χ2n) is 11.3. The van der Waals surface area contributed by atoms with Gasteiger partial charge in [-0.2, -0.15) is 4.68 Å². The molecule has 4 rings (SSSR count). The van der Waals surface area contributed by atoms with Crippen LogP contribution in [0, 0.1) is 28.1 Å². The van der Waals surface area contributed by atoms with E-state index < -0.39 is 33.7 Å². The molecule has 0 bridgehead atoms. The first-order chi connectivity index (χ1) is 16.6. The topological polar surface area (TPSA) is 113 Å². The van der Waals surface area contributed by atoms with Crippen molar-refractivity contribution in [2.75, 3.05) is 5.43 Å². The summed E-state index contributed by atoms with van der Waals surface area (Å²) in [5.74, 6) is 4.31. The zero-order valence-electron chi connectivity index (χ0n) is 22.6. The first kappa shape index (κ1) is 29.5. The summed E-state index contributed by atoms with van der Waals surface area (Å²) in [5.41, 5.74) is 1.31. The summed E-state index contributed by atoms with van der Waals surface area (Å²) in [4.78, 5) is 38.0. The van der Waals surface area contributed by atoms with Crippen molar-refractivity contribution in [2.24, 2.45) is 16.2 Å². The normalized spacial score (nSPS) is 17.2. The maximum Gasteiger partial charge on any atom is 0.350 e. The molecule has 198 valence electrons. The van der Waals surface area contributed by atoms with Gasteiger partial charge in [0.25, 0.3) is 5.56 Å². The summed E-state index contributed by atoms with van der Waals surface area (Å²) >= 11 is -2.54.